The van der Waals surface area contributed by atoms with Gasteiger partial charge in [-0.05, 0) is 44.4 Å². The maximum atomic E-state index is 12.8. The first-order chi connectivity index (χ1) is 17.0. The minimum Gasteiger partial charge on any atom is -0.379 e. The fourth-order valence-electron chi connectivity index (χ4n) is 4.24. The molecule has 4 heterocycles. The number of anilines is 2. The summed E-state index contributed by atoms with van der Waals surface area (Å²) in [6.07, 6.45) is 1.17. The van der Waals surface area contributed by atoms with Crippen LogP contribution in [0.15, 0.2) is 30.7 Å². The van der Waals surface area contributed by atoms with Crippen molar-refractivity contribution in [2.24, 2.45) is 0 Å². The van der Waals surface area contributed by atoms with E-state index in [1.165, 1.54) is 12.3 Å². The van der Waals surface area contributed by atoms with E-state index in [4.69, 9.17) is 9.72 Å². The predicted molar refractivity (Wildman–Crippen MR) is 137 cm³/mol. The van der Waals surface area contributed by atoms with Gasteiger partial charge in [0.05, 0.1) is 24.0 Å². The number of aromatic nitrogens is 5. The van der Waals surface area contributed by atoms with Crippen molar-refractivity contribution in [2.75, 3.05) is 24.4 Å². The van der Waals surface area contributed by atoms with Crippen molar-refractivity contribution < 1.29 is 22.7 Å². The summed E-state index contributed by atoms with van der Waals surface area (Å²) in [7, 11) is 3.38. The minimum atomic E-state index is -4.47. The molecule has 3 aromatic rings. The second-order valence-corrected chi connectivity index (χ2v) is 8.89. The summed E-state index contributed by atoms with van der Waals surface area (Å²) < 4.78 is 45.4. The summed E-state index contributed by atoms with van der Waals surface area (Å²) in [5, 5.41) is 7.28. The zero-order chi connectivity index (χ0) is 26.2. The zero-order valence-corrected chi connectivity index (χ0v) is 22.2. The number of fused-ring (bicyclic) bond motifs is 1. The number of halogens is 3. The molecule has 1 aliphatic heterocycles. The molecule has 1 amide bonds. The van der Waals surface area contributed by atoms with E-state index in [9.17, 15) is 18.0 Å². The third-order valence-corrected chi connectivity index (χ3v) is 6.45. The molecule has 0 aromatic carbocycles. The SMILES string of the molecule is CO[C@H](C)[C@H]1C(=O)Nc2c(C)nc(CCc3cnn([C@@H](C)c4ccc(C(F)(F)F)nc4)c3)nc2N1C.S. The van der Waals surface area contributed by atoms with Gasteiger partial charge < -0.3 is 15.0 Å². The van der Waals surface area contributed by atoms with Crippen LogP contribution < -0.4 is 10.2 Å². The topological polar surface area (TPSA) is 98.1 Å². The van der Waals surface area contributed by atoms with Crippen molar-refractivity contribution in [3.63, 3.8) is 0 Å². The van der Waals surface area contributed by atoms with Crippen LogP contribution in [0.4, 0.5) is 24.7 Å². The van der Waals surface area contributed by atoms with Crippen LogP contribution >= 0.6 is 13.5 Å². The molecule has 37 heavy (non-hydrogen) atoms. The number of rotatable bonds is 7. The molecular formula is C24H30F3N7O2S. The first kappa shape index (κ1) is 28.4. The van der Waals surface area contributed by atoms with E-state index in [2.05, 4.69) is 20.4 Å². The Morgan fingerprint density at radius 3 is 2.51 bits per heavy atom. The number of aryl methyl sites for hydroxylation is 3. The first-order valence-electron chi connectivity index (χ1n) is 11.5. The number of nitrogens with one attached hydrogen (secondary N) is 1. The highest BCUT2D eigenvalue weighted by molar-refractivity contribution is 7.59. The fourth-order valence-corrected chi connectivity index (χ4v) is 4.24. The molecule has 1 N–H and O–H groups in total. The lowest BCUT2D eigenvalue weighted by molar-refractivity contribution is -0.141. The highest BCUT2D eigenvalue weighted by Gasteiger charge is 2.37. The Morgan fingerprint density at radius 1 is 1.16 bits per heavy atom. The van der Waals surface area contributed by atoms with Crippen LogP contribution in [-0.4, -0.2) is 56.9 Å². The predicted octanol–water partition coefficient (Wildman–Crippen LogP) is 3.69. The van der Waals surface area contributed by atoms with Gasteiger partial charge in [-0.25, -0.2) is 9.97 Å². The largest absolute Gasteiger partial charge is 0.433 e. The highest BCUT2D eigenvalue weighted by Crippen LogP contribution is 2.33. The van der Waals surface area contributed by atoms with Crippen LogP contribution in [0.3, 0.4) is 0 Å². The lowest BCUT2D eigenvalue weighted by atomic mass is 10.1. The summed E-state index contributed by atoms with van der Waals surface area (Å²) in [5.74, 6) is 1.11. The number of ether oxygens (including phenoxy) is 1. The Bertz CT molecular complexity index is 1250. The average molecular weight is 538 g/mol. The van der Waals surface area contributed by atoms with Gasteiger partial charge in [-0.15, -0.1) is 0 Å². The molecule has 0 saturated heterocycles. The van der Waals surface area contributed by atoms with Crippen LogP contribution in [0.25, 0.3) is 0 Å². The Balaban J connectivity index is 0.00000380. The van der Waals surface area contributed by atoms with Crippen molar-refractivity contribution in [3.05, 3.63) is 59.1 Å². The lowest BCUT2D eigenvalue weighted by Gasteiger charge is -2.37. The number of pyridine rings is 1. The van der Waals surface area contributed by atoms with Gasteiger partial charge in [0.15, 0.2) is 5.82 Å². The van der Waals surface area contributed by atoms with E-state index in [1.807, 2.05) is 38.9 Å². The maximum Gasteiger partial charge on any atom is 0.433 e. The van der Waals surface area contributed by atoms with Crippen molar-refractivity contribution >= 4 is 30.9 Å². The van der Waals surface area contributed by atoms with Gasteiger partial charge in [-0.1, -0.05) is 6.07 Å². The molecule has 3 aromatic heterocycles. The number of alkyl halides is 3. The Kier molecular flexibility index (Phi) is 8.48. The van der Waals surface area contributed by atoms with Crippen molar-refractivity contribution in [1.82, 2.24) is 24.7 Å². The molecule has 4 rings (SSSR count). The summed E-state index contributed by atoms with van der Waals surface area (Å²) in [4.78, 5) is 27.2. The zero-order valence-electron chi connectivity index (χ0n) is 21.2. The minimum absolute atomic E-state index is 0. The van der Waals surface area contributed by atoms with Crippen LogP contribution in [0, 0.1) is 6.92 Å². The van der Waals surface area contributed by atoms with Gasteiger partial charge in [0.2, 0.25) is 5.91 Å². The Morgan fingerprint density at radius 2 is 1.89 bits per heavy atom. The van der Waals surface area contributed by atoms with E-state index < -0.39 is 17.9 Å². The molecule has 1 aliphatic rings. The molecule has 9 nitrogen and oxygen atoms in total. The van der Waals surface area contributed by atoms with E-state index in [-0.39, 0.29) is 31.5 Å². The molecule has 3 atom stereocenters. The molecule has 0 bridgehead atoms. The average Bonchev–Trinajstić information content (AvgIpc) is 3.31. The summed E-state index contributed by atoms with van der Waals surface area (Å²) in [6, 6.07) is 1.60. The quantitative estimate of drug-likeness (QED) is 0.491. The van der Waals surface area contributed by atoms with Crippen LogP contribution in [0.1, 0.15) is 48.2 Å². The van der Waals surface area contributed by atoms with Crippen LogP contribution in [0.2, 0.25) is 0 Å². The molecule has 0 fully saturated rings. The monoisotopic (exact) mass is 537 g/mol. The van der Waals surface area contributed by atoms with Crippen molar-refractivity contribution in [1.29, 1.82) is 0 Å². The number of amides is 1. The van der Waals surface area contributed by atoms with E-state index >= 15 is 0 Å². The second-order valence-electron chi connectivity index (χ2n) is 8.89. The van der Waals surface area contributed by atoms with Gasteiger partial charge >= 0.3 is 6.18 Å². The molecule has 0 radical (unpaired) electrons. The number of carbonyl (C=O) groups excluding carboxylic acids is 1. The van der Waals surface area contributed by atoms with Gasteiger partial charge in [0.25, 0.3) is 0 Å². The van der Waals surface area contributed by atoms with Crippen molar-refractivity contribution in [2.45, 2.75) is 58.0 Å². The van der Waals surface area contributed by atoms with E-state index in [1.54, 1.807) is 18.0 Å². The van der Waals surface area contributed by atoms with E-state index in [0.29, 0.717) is 41.4 Å². The first-order valence-corrected chi connectivity index (χ1v) is 11.5. The van der Waals surface area contributed by atoms with Gasteiger partial charge in [0, 0.05) is 33.0 Å². The maximum absolute atomic E-state index is 12.8. The van der Waals surface area contributed by atoms with Crippen LogP contribution in [0.5, 0.6) is 0 Å². The molecule has 0 aliphatic carbocycles. The number of carbonyl (C=O) groups is 1. The molecule has 0 saturated carbocycles. The van der Waals surface area contributed by atoms with Crippen molar-refractivity contribution in [3.8, 4) is 0 Å². The fraction of sp³-hybridized carbons (Fsp3) is 0.458. The van der Waals surface area contributed by atoms with E-state index in [0.717, 1.165) is 11.6 Å². The molecule has 13 heteroatoms. The smallest absolute Gasteiger partial charge is 0.379 e. The summed E-state index contributed by atoms with van der Waals surface area (Å²) in [5.41, 5.74) is 1.91. The number of hydrogen-bond donors (Lipinski definition) is 1. The number of nitrogens with zero attached hydrogens (tertiary/aromatic N) is 6. The number of methoxy groups -OCH3 is 1. The summed E-state index contributed by atoms with van der Waals surface area (Å²) in [6.45, 7) is 5.51. The highest BCUT2D eigenvalue weighted by atomic mass is 32.1. The Labute approximate surface area is 219 Å². The lowest BCUT2D eigenvalue weighted by Crippen LogP contribution is -2.53. The number of hydrogen-bond acceptors (Lipinski definition) is 7. The normalized spacial score (nSPS) is 17.0. The third kappa shape index (κ3) is 5.87. The third-order valence-electron chi connectivity index (χ3n) is 6.45. The number of likely N-dealkylation sites (N-methyl/N-ethyl adjacent to an activating group) is 1. The molecule has 200 valence electrons. The van der Waals surface area contributed by atoms with Crippen LogP contribution in [-0.2, 0) is 28.5 Å². The Hall–Kier alpha value is -3.19. The molecule has 0 unspecified atom stereocenters. The van der Waals surface area contributed by atoms with Gasteiger partial charge in [-0.2, -0.15) is 31.8 Å². The van der Waals surface area contributed by atoms with Gasteiger partial charge in [0.1, 0.15) is 23.2 Å². The standard InChI is InChI=1S/C24H28F3N7O2.H2S/c1-13-20-22(33(4)21(15(3)36-5)23(35)32-20)31-19(30-13)9-6-16-10-29-34(12-16)14(2)17-7-8-18(28-11-17)24(25,26)27;/h7-8,10-12,14-15,21H,6,9H2,1-5H3,(H,32,35);1H2/t14-,15+,21-;/m0./s1. The second kappa shape index (κ2) is 11.1. The van der Waals surface area contributed by atoms with Gasteiger partial charge in [-0.3, -0.25) is 14.5 Å². The molecular weight excluding hydrogens is 507 g/mol. The molecule has 0 spiro atoms. The summed E-state index contributed by atoms with van der Waals surface area (Å²) >= 11 is 0.